The first-order valence-electron chi connectivity index (χ1n) is 8.27. The average molecular weight is 335 g/mol. The number of hydrogen-bond donors (Lipinski definition) is 1. The van der Waals surface area contributed by atoms with E-state index in [0.29, 0.717) is 12.2 Å². The minimum absolute atomic E-state index is 0.228. The first-order chi connectivity index (χ1) is 12.0. The van der Waals surface area contributed by atoms with Gasteiger partial charge in [-0.05, 0) is 63.2 Å². The Morgan fingerprint density at radius 2 is 1.88 bits per heavy atom. The number of carbonyl (C=O) groups is 1. The molecule has 25 heavy (non-hydrogen) atoms. The van der Waals surface area contributed by atoms with Crippen LogP contribution in [0.4, 0.5) is 0 Å². The van der Waals surface area contributed by atoms with Gasteiger partial charge in [0.15, 0.2) is 0 Å². The van der Waals surface area contributed by atoms with Crippen LogP contribution in [0.15, 0.2) is 54.6 Å². The topological polar surface area (TPSA) is 51.5 Å². The molecule has 0 saturated heterocycles. The van der Waals surface area contributed by atoms with E-state index in [1.165, 1.54) is 0 Å². The highest BCUT2D eigenvalue weighted by Gasteiger charge is 2.15. The standard InChI is InChI=1S/C21H21NO3/c1-4-25-21(24)16-6-5-7-17(13-16)22-15(3)9-10-19(22)18-12-14(2)8-11-20(18)23/h5-13,23H,4H2,1-3H3. The number of aromatic nitrogens is 1. The van der Waals surface area contributed by atoms with Gasteiger partial charge in [-0.1, -0.05) is 17.7 Å². The van der Waals surface area contributed by atoms with Crippen molar-refractivity contribution in [1.82, 2.24) is 4.57 Å². The van der Waals surface area contributed by atoms with E-state index in [9.17, 15) is 9.90 Å². The number of phenolic OH excluding ortho intramolecular Hbond substituents is 1. The predicted molar refractivity (Wildman–Crippen MR) is 98.3 cm³/mol. The number of carbonyl (C=O) groups excluding carboxylic acids is 1. The van der Waals surface area contributed by atoms with Crippen LogP contribution in [0, 0.1) is 13.8 Å². The minimum Gasteiger partial charge on any atom is -0.507 e. The van der Waals surface area contributed by atoms with Crippen molar-refractivity contribution < 1.29 is 14.6 Å². The largest absolute Gasteiger partial charge is 0.507 e. The molecule has 0 bridgehead atoms. The van der Waals surface area contributed by atoms with Crippen LogP contribution in [-0.4, -0.2) is 22.2 Å². The molecule has 1 N–H and O–H groups in total. The third-order valence-corrected chi connectivity index (χ3v) is 4.12. The zero-order chi connectivity index (χ0) is 18.0. The van der Waals surface area contributed by atoms with E-state index >= 15 is 0 Å². The van der Waals surface area contributed by atoms with Gasteiger partial charge in [0.1, 0.15) is 5.75 Å². The van der Waals surface area contributed by atoms with E-state index < -0.39 is 0 Å². The average Bonchev–Trinajstić information content (AvgIpc) is 2.99. The van der Waals surface area contributed by atoms with Crippen LogP contribution in [0.3, 0.4) is 0 Å². The Morgan fingerprint density at radius 3 is 2.64 bits per heavy atom. The van der Waals surface area contributed by atoms with E-state index in [0.717, 1.165) is 28.2 Å². The highest BCUT2D eigenvalue weighted by atomic mass is 16.5. The van der Waals surface area contributed by atoms with Crippen molar-refractivity contribution in [3.05, 3.63) is 71.4 Å². The predicted octanol–water partition coefficient (Wildman–Crippen LogP) is 4.64. The number of benzene rings is 2. The van der Waals surface area contributed by atoms with Gasteiger partial charge in [-0.3, -0.25) is 0 Å². The molecule has 0 saturated carbocycles. The maximum atomic E-state index is 12.0. The van der Waals surface area contributed by atoms with Crippen LogP contribution in [0.1, 0.15) is 28.5 Å². The molecule has 0 spiro atoms. The summed E-state index contributed by atoms with van der Waals surface area (Å²) in [5.74, 6) is -0.111. The quantitative estimate of drug-likeness (QED) is 0.707. The van der Waals surface area contributed by atoms with Crippen LogP contribution in [0.25, 0.3) is 16.9 Å². The summed E-state index contributed by atoms with van der Waals surface area (Å²) in [4.78, 5) is 12.0. The molecule has 0 aliphatic heterocycles. The van der Waals surface area contributed by atoms with Gasteiger partial charge in [0, 0.05) is 16.9 Å². The van der Waals surface area contributed by atoms with Crippen molar-refractivity contribution in [3.63, 3.8) is 0 Å². The fourth-order valence-electron chi connectivity index (χ4n) is 2.93. The number of esters is 1. The molecule has 4 heteroatoms. The molecule has 0 unspecified atom stereocenters. The van der Waals surface area contributed by atoms with E-state index in [1.54, 1.807) is 25.1 Å². The lowest BCUT2D eigenvalue weighted by atomic mass is 10.1. The molecule has 3 aromatic rings. The zero-order valence-corrected chi connectivity index (χ0v) is 14.6. The number of hydrogen-bond acceptors (Lipinski definition) is 3. The van der Waals surface area contributed by atoms with Crippen molar-refractivity contribution in [2.75, 3.05) is 6.61 Å². The summed E-state index contributed by atoms with van der Waals surface area (Å²) in [6.07, 6.45) is 0. The third kappa shape index (κ3) is 3.29. The van der Waals surface area contributed by atoms with E-state index in [-0.39, 0.29) is 11.7 Å². The van der Waals surface area contributed by atoms with Crippen molar-refractivity contribution in [2.45, 2.75) is 20.8 Å². The van der Waals surface area contributed by atoms with Crippen molar-refractivity contribution in [3.8, 4) is 22.7 Å². The maximum Gasteiger partial charge on any atom is 0.338 e. The lowest BCUT2D eigenvalue weighted by molar-refractivity contribution is 0.0526. The second kappa shape index (κ2) is 6.85. The van der Waals surface area contributed by atoms with Gasteiger partial charge >= 0.3 is 5.97 Å². The van der Waals surface area contributed by atoms with Crippen LogP contribution >= 0.6 is 0 Å². The normalized spacial score (nSPS) is 10.7. The molecule has 3 rings (SSSR count). The molecule has 0 amide bonds. The fraction of sp³-hybridized carbons (Fsp3) is 0.190. The van der Waals surface area contributed by atoms with E-state index in [2.05, 4.69) is 0 Å². The van der Waals surface area contributed by atoms with Crippen LogP contribution in [0.2, 0.25) is 0 Å². The van der Waals surface area contributed by atoms with Crippen molar-refractivity contribution in [1.29, 1.82) is 0 Å². The summed E-state index contributed by atoms with van der Waals surface area (Å²) in [5.41, 5.74) is 5.07. The Balaban J connectivity index is 2.13. The molecular formula is C21H21NO3. The minimum atomic E-state index is -0.339. The van der Waals surface area contributed by atoms with Gasteiger partial charge in [0.05, 0.1) is 17.9 Å². The summed E-state index contributed by atoms with van der Waals surface area (Å²) in [5, 5.41) is 10.3. The Bertz CT molecular complexity index is 925. The maximum absolute atomic E-state index is 12.0. The molecule has 1 aromatic heterocycles. The Labute approximate surface area is 147 Å². The summed E-state index contributed by atoms with van der Waals surface area (Å²) < 4.78 is 7.12. The van der Waals surface area contributed by atoms with Crippen LogP contribution in [0.5, 0.6) is 5.75 Å². The second-order valence-electron chi connectivity index (χ2n) is 5.99. The number of ether oxygens (including phenoxy) is 1. The van der Waals surface area contributed by atoms with Crippen LogP contribution < -0.4 is 0 Å². The molecule has 2 aromatic carbocycles. The SMILES string of the molecule is CCOC(=O)c1cccc(-n2c(C)ccc2-c2cc(C)ccc2O)c1. The Morgan fingerprint density at radius 1 is 1.08 bits per heavy atom. The van der Waals surface area contributed by atoms with Crippen molar-refractivity contribution in [2.24, 2.45) is 0 Å². The highest BCUT2D eigenvalue weighted by Crippen LogP contribution is 2.33. The van der Waals surface area contributed by atoms with Gasteiger partial charge in [0.2, 0.25) is 0 Å². The molecule has 0 fully saturated rings. The van der Waals surface area contributed by atoms with E-state index in [1.807, 2.05) is 54.8 Å². The molecule has 4 nitrogen and oxygen atoms in total. The summed E-state index contributed by atoms with van der Waals surface area (Å²) in [6.45, 7) is 6.11. The van der Waals surface area contributed by atoms with Gasteiger partial charge < -0.3 is 14.4 Å². The van der Waals surface area contributed by atoms with Gasteiger partial charge in [0.25, 0.3) is 0 Å². The molecule has 0 aliphatic carbocycles. The summed E-state index contributed by atoms with van der Waals surface area (Å²) in [7, 11) is 0. The molecule has 0 radical (unpaired) electrons. The first kappa shape index (κ1) is 16.8. The lowest BCUT2D eigenvalue weighted by Crippen LogP contribution is -2.06. The van der Waals surface area contributed by atoms with Gasteiger partial charge in [-0.15, -0.1) is 0 Å². The smallest absolute Gasteiger partial charge is 0.338 e. The number of aromatic hydroxyl groups is 1. The monoisotopic (exact) mass is 335 g/mol. The molecule has 1 heterocycles. The third-order valence-electron chi connectivity index (χ3n) is 4.12. The molecule has 0 atom stereocenters. The summed E-state index contributed by atoms with van der Waals surface area (Å²) in [6, 6.07) is 16.8. The molecular weight excluding hydrogens is 314 g/mol. The Hall–Kier alpha value is -3.01. The van der Waals surface area contributed by atoms with Crippen LogP contribution in [-0.2, 0) is 4.74 Å². The number of phenols is 1. The number of aryl methyl sites for hydroxylation is 2. The zero-order valence-electron chi connectivity index (χ0n) is 14.6. The summed E-state index contributed by atoms with van der Waals surface area (Å²) >= 11 is 0. The highest BCUT2D eigenvalue weighted by molar-refractivity contribution is 5.90. The molecule has 0 aliphatic rings. The number of nitrogens with zero attached hydrogens (tertiary/aromatic N) is 1. The van der Waals surface area contributed by atoms with Gasteiger partial charge in [-0.2, -0.15) is 0 Å². The van der Waals surface area contributed by atoms with E-state index in [4.69, 9.17) is 4.74 Å². The fourth-order valence-corrected chi connectivity index (χ4v) is 2.93. The Kier molecular flexibility index (Phi) is 4.61. The number of rotatable bonds is 4. The van der Waals surface area contributed by atoms with Gasteiger partial charge in [-0.25, -0.2) is 4.79 Å². The second-order valence-corrected chi connectivity index (χ2v) is 5.99. The lowest BCUT2D eigenvalue weighted by Gasteiger charge is -2.14. The van der Waals surface area contributed by atoms with Crippen molar-refractivity contribution >= 4 is 5.97 Å². The first-order valence-corrected chi connectivity index (χ1v) is 8.27. The molecule has 128 valence electrons.